The van der Waals surface area contributed by atoms with Gasteiger partial charge in [-0.2, -0.15) is 0 Å². The van der Waals surface area contributed by atoms with Crippen molar-refractivity contribution < 1.29 is 0 Å². The summed E-state index contributed by atoms with van der Waals surface area (Å²) in [7, 11) is 0. The van der Waals surface area contributed by atoms with Crippen molar-refractivity contribution in [3.63, 3.8) is 0 Å². The predicted molar refractivity (Wildman–Crippen MR) is 270 cm³/mol. The van der Waals surface area contributed by atoms with Crippen LogP contribution in [0.4, 0.5) is 0 Å². The maximum absolute atomic E-state index is 5.14. The molecule has 0 N–H and O–H groups in total. The lowest BCUT2D eigenvalue weighted by Gasteiger charge is -2.26. The summed E-state index contributed by atoms with van der Waals surface area (Å²) < 4.78 is 0. The molecule has 0 fully saturated rings. The zero-order chi connectivity index (χ0) is 43.9. The molecule has 3 heteroatoms. The van der Waals surface area contributed by atoms with E-state index in [-0.39, 0.29) is 5.41 Å². The van der Waals surface area contributed by atoms with E-state index in [0.717, 1.165) is 56.1 Å². The molecular formula is C61H49N3. The number of aromatic nitrogens is 2. The highest BCUT2D eigenvalue weighted by Crippen LogP contribution is 2.35. The molecule has 0 saturated heterocycles. The topological polar surface area (TPSA) is 38.1 Å². The summed E-state index contributed by atoms with van der Waals surface area (Å²) in [6.45, 7) is 11.1. The van der Waals surface area contributed by atoms with Crippen LogP contribution in [0.3, 0.4) is 0 Å². The first-order valence-corrected chi connectivity index (χ1v) is 21.8. The largest absolute Gasteiger partial charge is 0.248 e. The molecule has 1 aromatic heterocycles. The Labute approximate surface area is 377 Å². The Hall–Kier alpha value is -8.01. The molecule has 0 atom stereocenters. The average Bonchev–Trinajstić information content (AvgIpc) is 3.37. The van der Waals surface area contributed by atoms with E-state index in [1.807, 2.05) is 48.5 Å². The third-order valence-corrected chi connectivity index (χ3v) is 12.0. The highest BCUT2D eigenvalue weighted by molar-refractivity contribution is 6.14. The molecule has 9 rings (SSSR count). The van der Waals surface area contributed by atoms with Crippen molar-refractivity contribution in [2.45, 2.75) is 26.2 Å². The average molecular weight is 824 g/mol. The van der Waals surface area contributed by atoms with Gasteiger partial charge in [0.15, 0.2) is 5.82 Å². The second kappa shape index (κ2) is 18.5. The third-order valence-electron chi connectivity index (χ3n) is 12.0. The third kappa shape index (κ3) is 9.25. The second-order valence-corrected chi connectivity index (χ2v) is 16.6. The molecule has 0 spiro atoms. The molecule has 0 saturated carbocycles. The number of hydrogen-bond acceptors (Lipinski definition) is 3. The van der Waals surface area contributed by atoms with Crippen LogP contribution in [0.2, 0.25) is 0 Å². The second-order valence-electron chi connectivity index (χ2n) is 16.6. The SMILES string of the molecule is C=C(/N=C(\C=C(/C)c1ccc(-c2ccccc2)cc1)c1ccccc1)c1ccc(C(C)(C)c2ccc(-c3nc(-c4ccccc4)cc(-c4ccc(-c5ccccc5)cc4)n3)cc2)cc1. The van der Waals surface area contributed by atoms with E-state index in [1.165, 1.54) is 33.4 Å². The Bertz CT molecular complexity index is 3060. The van der Waals surface area contributed by atoms with Crippen LogP contribution in [0.5, 0.6) is 0 Å². The van der Waals surface area contributed by atoms with Crippen molar-refractivity contribution in [2.75, 3.05) is 0 Å². The molecule has 8 aromatic carbocycles. The fraction of sp³-hybridized carbons (Fsp3) is 0.0656. The normalized spacial score (nSPS) is 11.9. The molecule has 0 aliphatic rings. The summed E-state index contributed by atoms with van der Waals surface area (Å²) in [5.41, 5.74) is 17.6. The number of hydrogen-bond donors (Lipinski definition) is 0. The smallest absolute Gasteiger partial charge is 0.160 e. The lowest BCUT2D eigenvalue weighted by molar-refractivity contribution is 0.641. The van der Waals surface area contributed by atoms with Crippen LogP contribution in [0.1, 0.15) is 48.6 Å². The number of aliphatic imine (C=N–C) groups is 1. The van der Waals surface area contributed by atoms with Crippen molar-refractivity contribution in [2.24, 2.45) is 4.99 Å². The van der Waals surface area contributed by atoms with Crippen LogP contribution in [-0.2, 0) is 5.41 Å². The number of allylic oxidation sites excluding steroid dienone is 2. The molecule has 64 heavy (non-hydrogen) atoms. The number of benzene rings is 8. The van der Waals surface area contributed by atoms with Crippen LogP contribution >= 0.6 is 0 Å². The molecule has 0 radical (unpaired) electrons. The molecule has 3 nitrogen and oxygen atoms in total. The molecule has 0 aliphatic carbocycles. The molecule has 1 heterocycles. The van der Waals surface area contributed by atoms with E-state index in [4.69, 9.17) is 15.0 Å². The number of nitrogens with zero attached hydrogens (tertiary/aromatic N) is 3. The van der Waals surface area contributed by atoms with Gasteiger partial charge in [0.05, 0.1) is 22.8 Å². The summed E-state index contributed by atoms with van der Waals surface area (Å²) in [6, 6.07) is 78.3. The van der Waals surface area contributed by atoms with E-state index in [9.17, 15) is 0 Å². The first kappa shape index (κ1) is 41.3. The van der Waals surface area contributed by atoms with Gasteiger partial charge in [-0.15, -0.1) is 0 Å². The summed E-state index contributed by atoms with van der Waals surface area (Å²) in [5.74, 6) is 0.692. The van der Waals surface area contributed by atoms with Gasteiger partial charge < -0.3 is 0 Å². The fourth-order valence-corrected chi connectivity index (χ4v) is 8.07. The van der Waals surface area contributed by atoms with Gasteiger partial charge in [-0.25, -0.2) is 15.0 Å². The quantitative estimate of drug-likeness (QED) is 0.115. The van der Waals surface area contributed by atoms with Crippen molar-refractivity contribution in [1.82, 2.24) is 9.97 Å². The van der Waals surface area contributed by atoms with Crippen molar-refractivity contribution in [1.29, 1.82) is 0 Å². The van der Waals surface area contributed by atoms with Crippen molar-refractivity contribution in [3.05, 3.63) is 265 Å². The van der Waals surface area contributed by atoms with Gasteiger partial charge in [-0.05, 0) is 69.1 Å². The highest BCUT2D eigenvalue weighted by atomic mass is 14.9. The minimum atomic E-state index is -0.273. The Morgan fingerprint density at radius 3 is 1.31 bits per heavy atom. The lowest BCUT2D eigenvalue weighted by Crippen LogP contribution is -2.18. The predicted octanol–water partition coefficient (Wildman–Crippen LogP) is 15.7. The fourth-order valence-electron chi connectivity index (χ4n) is 8.07. The van der Waals surface area contributed by atoms with Gasteiger partial charge in [-0.1, -0.05) is 239 Å². The Balaban J connectivity index is 0.957. The van der Waals surface area contributed by atoms with Crippen LogP contribution < -0.4 is 0 Å². The summed E-state index contributed by atoms with van der Waals surface area (Å²) >= 11 is 0. The maximum Gasteiger partial charge on any atom is 0.160 e. The first-order chi connectivity index (χ1) is 31.3. The molecule has 9 aromatic rings. The standard InChI is InChI=1S/C61H49N3/c1-43(45-25-27-49(28-26-45)47-17-9-5-10-18-47)41-57(51-21-13-7-14-22-51)62-44(2)46-33-37-55(38-34-46)61(3,4)56-39-35-54(36-40-56)60-63-58(52-23-15-8-16-24-52)42-59(64-60)53-31-29-50(30-32-53)48-19-11-6-12-20-48/h5-42H,2H2,1,3-4H3/b43-41+,62-57+. The Morgan fingerprint density at radius 1 is 0.422 bits per heavy atom. The summed E-state index contributed by atoms with van der Waals surface area (Å²) in [5, 5.41) is 0. The minimum absolute atomic E-state index is 0.273. The summed E-state index contributed by atoms with van der Waals surface area (Å²) in [6.07, 6.45) is 2.16. The number of rotatable bonds is 12. The van der Waals surface area contributed by atoms with E-state index >= 15 is 0 Å². The molecular weight excluding hydrogens is 775 g/mol. The van der Waals surface area contributed by atoms with Crippen LogP contribution in [0.15, 0.2) is 242 Å². The zero-order valence-electron chi connectivity index (χ0n) is 36.5. The first-order valence-electron chi connectivity index (χ1n) is 21.8. The van der Waals surface area contributed by atoms with E-state index in [1.54, 1.807) is 0 Å². The van der Waals surface area contributed by atoms with Crippen molar-refractivity contribution >= 4 is 17.0 Å². The van der Waals surface area contributed by atoms with Crippen LogP contribution in [0.25, 0.3) is 67.4 Å². The lowest BCUT2D eigenvalue weighted by atomic mass is 9.77. The van der Waals surface area contributed by atoms with Gasteiger partial charge in [-0.3, -0.25) is 0 Å². The molecule has 0 bridgehead atoms. The maximum atomic E-state index is 5.14. The van der Waals surface area contributed by atoms with Gasteiger partial charge in [0.1, 0.15) is 0 Å². The monoisotopic (exact) mass is 823 g/mol. The molecule has 0 amide bonds. The van der Waals surface area contributed by atoms with E-state index in [2.05, 4.69) is 209 Å². The Kier molecular flexibility index (Phi) is 12.0. The van der Waals surface area contributed by atoms with Crippen LogP contribution in [0, 0.1) is 0 Å². The minimum Gasteiger partial charge on any atom is -0.248 e. The van der Waals surface area contributed by atoms with Crippen LogP contribution in [-0.4, -0.2) is 15.7 Å². The Morgan fingerprint density at radius 2 is 0.797 bits per heavy atom. The van der Waals surface area contributed by atoms with Gasteiger partial charge in [0.25, 0.3) is 0 Å². The molecule has 308 valence electrons. The van der Waals surface area contributed by atoms with E-state index in [0.29, 0.717) is 11.5 Å². The van der Waals surface area contributed by atoms with Gasteiger partial charge in [0.2, 0.25) is 0 Å². The van der Waals surface area contributed by atoms with E-state index < -0.39 is 0 Å². The van der Waals surface area contributed by atoms with Gasteiger partial charge in [0, 0.05) is 27.7 Å². The summed E-state index contributed by atoms with van der Waals surface area (Å²) in [4.78, 5) is 15.4. The van der Waals surface area contributed by atoms with Gasteiger partial charge >= 0.3 is 0 Å². The molecule has 0 aliphatic heterocycles. The highest BCUT2D eigenvalue weighted by Gasteiger charge is 2.24. The molecule has 0 unspecified atom stereocenters. The van der Waals surface area contributed by atoms with Crippen molar-refractivity contribution in [3.8, 4) is 56.2 Å². The zero-order valence-corrected chi connectivity index (χ0v) is 36.5.